The van der Waals surface area contributed by atoms with Gasteiger partial charge in [-0.3, -0.25) is 0 Å². The maximum Gasteiger partial charge on any atom is 0.250 e. The van der Waals surface area contributed by atoms with Gasteiger partial charge in [-0.15, -0.1) is 0 Å². The molecule has 7 heteroatoms. The Hall–Kier alpha value is -2.96. The summed E-state index contributed by atoms with van der Waals surface area (Å²) in [6.07, 6.45) is 8.64. The van der Waals surface area contributed by atoms with Gasteiger partial charge < -0.3 is 9.80 Å². The highest BCUT2D eigenvalue weighted by Crippen LogP contribution is 2.22. The van der Waals surface area contributed by atoms with Crippen molar-refractivity contribution in [1.29, 1.82) is 0 Å². The van der Waals surface area contributed by atoms with Gasteiger partial charge in [0, 0.05) is 26.2 Å². The summed E-state index contributed by atoms with van der Waals surface area (Å²) in [5.41, 5.74) is 5.20. The number of benzene rings is 1. The van der Waals surface area contributed by atoms with E-state index in [0.717, 1.165) is 49.2 Å². The van der Waals surface area contributed by atoms with Crippen LogP contribution >= 0.6 is 0 Å². The van der Waals surface area contributed by atoms with Crippen LogP contribution in [-0.4, -0.2) is 47.3 Å². The topological polar surface area (TPSA) is 69.5 Å². The maximum atomic E-state index is 4.72. The molecule has 3 heterocycles. The molecular weight excluding hydrogens is 350 g/mol. The van der Waals surface area contributed by atoms with E-state index < -0.39 is 0 Å². The SMILES string of the molecule is CC(C=NNc1nc(N2CCCC2)nc(N2CCCC2)n1)=Cc1ccccc1. The zero-order chi connectivity index (χ0) is 19.2. The van der Waals surface area contributed by atoms with Crippen molar-refractivity contribution < 1.29 is 0 Å². The highest BCUT2D eigenvalue weighted by atomic mass is 15.4. The molecule has 0 spiro atoms. The minimum atomic E-state index is 0.502. The van der Waals surface area contributed by atoms with Crippen LogP contribution in [0.25, 0.3) is 6.08 Å². The van der Waals surface area contributed by atoms with Crippen molar-refractivity contribution in [2.75, 3.05) is 41.4 Å². The van der Waals surface area contributed by atoms with E-state index in [1.807, 2.05) is 25.1 Å². The smallest absolute Gasteiger partial charge is 0.250 e. The van der Waals surface area contributed by atoms with Gasteiger partial charge in [0.2, 0.25) is 17.8 Å². The summed E-state index contributed by atoms with van der Waals surface area (Å²) in [6.45, 7) is 6.04. The van der Waals surface area contributed by atoms with Crippen LogP contribution in [0.1, 0.15) is 38.2 Å². The van der Waals surface area contributed by atoms with Crippen LogP contribution in [0.4, 0.5) is 17.8 Å². The molecule has 1 aromatic heterocycles. The molecule has 0 atom stereocenters. The van der Waals surface area contributed by atoms with Crippen LogP contribution < -0.4 is 15.2 Å². The number of rotatable bonds is 6. The summed E-state index contributed by atoms with van der Waals surface area (Å²) in [7, 11) is 0. The molecule has 2 fully saturated rings. The van der Waals surface area contributed by atoms with Gasteiger partial charge in [0.1, 0.15) is 0 Å². The van der Waals surface area contributed by atoms with Crippen LogP contribution in [0.2, 0.25) is 0 Å². The van der Waals surface area contributed by atoms with Crippen molar-refractivity contribution in [2.24, 2.45) is 5.10 Å². The molecule has 4 rings (SSSR count). The molecule has 28 heavy (non-hydrogen) atoms. The van der Waals surface area contributed by atoms with Crippen LogP contribution in [-0.2, 0) is 0 Å². The Bertz CT molecular complexity index is 801. The van der Waals surface area contributed by atoms with Gasteiger partial charge in [-0.1, -0.05) is 36.4 Å². The lowest BCUT2D eigenvalue weighted by molar-refractivity contribution is 0.838. The Morgan fingerprint density at radius 2 is 1.46 bits per heavy atom. The normalized spacial score (nSPS) is 17.7. The van der Waals surface area contributed by atoms with Gasteiger partial charge in [0.05, 0.1) is 6.21 Å². The van der Waals surface area contributed by atoms with Gasteiger partial charge in [0.25, 0.3) is 0 Å². The molecule has 1 N–H and O–H groups in total. The Labute approximate surface area is 166 Å². The zero-order valence-electron chi connectivity index (χ0n) is 16.4. The van der Waals surface area contributed by atoms with E-state index in [9.17, 15) is 0 Å². The first-order valence-electron chi connectivity index (χ1n) is 10.1. The molecule has 0 saturated carbocycles. The third kappa shape index (κ3) is 4.65. The van der Waals surface area contributed by atoms with Crippen LogP contribution in [0.3, 0.4) is 0 Å². The molecule has 0 radical (unpaired) electrons. The first kappa shape index (κ1) is 18.4. The van der Waals surface area contributed by atoms with E-state index in [4.69, 9.17) is 4.98 Å². The standard InChI is InChI=1S/C21H27N7/c1-17(15-18-9-3-2-4-10-18)16-22-26-19-23-20(27-11-5-6-12-27)25-21(24-19)28-13-7-8-14-28/h2-4,9-10,15-16H,5-8,11-14H2,1H3,(H,23,24,25,26). The van der Waals surface area contributed by atoms with E-state index in [1.165, 1.54) is 25.7 Å². The lowest BCUT2D eigenvalue weighted by Gasteiger charge is -2.20. The minimum absolute atomic E-state index is 0.502. The summed E-state index contributed by atoms with van der Waals surface area (Å²) < 4.78 is 0. The third-order valence-electron chi connectivity index (χ3n) is 5.02. The number of aromatic nitrogens is 3. The number of anilines is 3. The number of nitrogens with zero attached hydrogens (tertiary/aromatic N) is 6. The van der Waals surface area contributed by atoms with Crippen LogP contribution in [0.5, 0.6) is 0 Å². The van der Waals surface area contributed by atoms with Crippen molar-refractivity contribution in [3.05, 3.63) is 41.5 Å². The Kier molecular flexibility index (Phi) is 5.80. The first-order valence-corrected chi connectivity index (χ1v) is 10.1. The molecule has 0 unspecified atom stereocenters. The second-order valence-electron chi connectivity index (χ2n) is 7.32. The van der Waals surface area contributed by atoms with Crippen molar-refractivity contribution in [2.45, 2.75) is 32.6 Å². The third-order valence-corrected chi connectivity index (χ3v) is 5.02. The van der Waals surface area contributed by atoms with E-state index in [-0.39, 0.29) is 0 Å². The maximum absolute atomic E-state index is 4.72. The van der Waals surface area contributed by atoms with Crippen molar-refractivity contribution in [1.82, 2.24) is 15.0 Å². The molecule has 2 saturated heterocycles. The van der Waals surface area contributed by atoms with Gasteiger partial charge >= 0.3 is 0 Å². The molecule has 0 bridgehead atoms. The summed E-state index contributed by atoms with van der Waals surface area (Å²) in [6, 6.07) is 10.2. The van der Waals surface area contributed by atoms with E-state index in [0.29, 0.717) is 5.95 Å². The molecule has 2 aliphatic heterocycles. The monoisotopic (exact) mass is 377 g/mol. The fourth-order valence-corrected chi connectivity index (χ4v) is 3.56. The number of hydrogen-bond donors (Lipinski definition) is 1. The molecule has 7 nitrogen and oxygen atoms in total. The van der Waals surface area contributed by atoms with Gasteiger partial charge in [0.15, 0.2) is 0 Å². The summed E-state index contributed by atoms with van der Waals surface area (Å²) in [4.78, 5) is 18.4. The van der Waals surface area contributed by atoms with Crippen LogP contribution in [0.15, 0.2) is 41.0 Å². The highest BCUT2D eigenvalue weighted by Gasteiger charge is 2.21. The predicted octanol–water partition coefficient (Wildman–Crippen LogP) is 3.57. The molecule has 0 amide bonds. The summed E-state index contributed by atoms with van der Waals surface area (Å²) in [5.74, 6) is 2.01. The lowest BCUT2D eigenvalue weighted by Crippen LogP contribution is -2.25. The zero-order valence-corrected chi connectivity index (χ0v) is 16.4. The molecule has 0 aliphatic carbocycles. The van der Waals surface area contributed by atoms with Crippen molar-refractivity contribution >= 4 is 30.1 Å². The van der Waals surface area contributed by atoms with Crippen LogP contribution in [0, 0.1) is 0 Å². The molecule has 1 aromatic carbocycles. The fourth-order valence-electron chi connectivity index (χ4n) is 3.56. The van der Waals surface area contributed by atoms with Crippen molar-refractivity contribution in [3.8, 4) is 0 Å². The highest BCUT2D eigenvalue weighted by molar-refractivity contribution is 5.85. The quantitative estimate of drug-likeness (QED) is 0.613. The lowest BCUT2D eigenvalue weighted by atomic mass is 10.1. The molecule has 2 aliphatic rings. The Balaban J connectivity index is 1.50. The molecule has 146 valence electrons. The second kappa shape index (κ2) is 8.82. The Morgan fingerprint density at radius 1 is 0.893 bits per heavy atom. The first-order chi connectivity index (χ1) is 13.8. The second-order valence-corrected chi connectivity index (χ2v) is 7.32. The largest absolute Gasteiger partial charge is 0.341 e. The number of hydrogen-bond acceptors (Lipinski definition) is 7. The number of hydrazone groups is 1. The van der Waals surface area contributed by atoms with Gasteiger partial charge in [-0.05, 0) is 43.7 Å². The van der Waals surface area contributed by atoms with Gasteiger partial charge in [-0.2, -0.15) is 20.1 Å². The molecular formula is C21H27N7. The van der Waals surface area contributed by atoms with Gasteiger partial charge in [-0.25, -0.2) is 5.43 Å². The number of allylic oxidation sites excluding steroid dienone is 1. The average Bonchev–Trinajstić information content (AvgIpc) is 3.43. The minimum Gasteiger partial charge on any atom is -0.341 e. The van der Waals surface area contributed by atoms with E-state index in [2.05, 4.69) is 48.5 Å². The summed E-state index contributed by atoms with van der Waals surface area (Å²) >= 11 is 0. The summed E-state index contributed by atoms with van der Waals surface area (Å²) in [5, 5.41) is 4.34. The average molecular weight is 377 g/mol. The number of nitrogens with one attached hydrogen (secondary N) is 1. The predicted molar refractivity (Wildman–Crippen MR) is 115 cm³/mol. The Morgan fingerprint density at radius 3 is 2.04 bits per heavy atom. The fraction of sp³-hybridized carbons (Fsp3) is 0.429. The van der Waals surface area contributed by atoms with E-state index >= 15 is 0 Å². The van der Waals surface area contributed by atoms with E-state index in [1.54, 1.807) is 6.21 Å². The molecule has 2 aromatic rings. The van der Waals surface area contributed by atoms with Crippen molar-refractivity contribution in [3.63, 3.8) is 0 Å².